The first-order valence-corrected chi connectivity index (χ1v) is 10.1. The number of benzene rings is 2. The van der Waals surface area contributed by atoms with Crippen molar-refractivity contribution in [1.29, 1.82) is 0 Å². The summed E-state index contributed by atoms with van der Waals surface area (Å²) in [6.45, 7) is 1.22. The fraction of sp³-hybridized carbons (Fsp3) is 0.318. The Morgan fingerprint density at radius 3 is 2.39 bits per heavy atom. The zero-order valence-electron chi connectivity index (χ0n) is 16.4. The van der Waals surface area contributed by atoms with Crippen molar-refractivity contribution in [2.45, 2.75) is 11.4 Å². The third-order valence-corrected chi connectivity index (χ3v) is 5.89. The monoisotopic (exact) mass is 398 g/mol. The topological polar surface area (TPSA) is 53.0 Å². The Morgan fingerprint density at radius 2 is 1.79 bits per heavy atom. The van der Waals surface area contributed by atoms with Crippen LogP contribution in [0.4, 0.5) is 0 Å². The summed E-state index contributed by atoms with van der Waals surface area (Å²) in [7, 11) is 5.56. The minimum Gasteiger partial charge on any atom is -0.497 e. The van der Waals surface area contributed by atoms with Crippen LogP contribution in [0.25, 0.3) is 5.70 Å². The Bertz CT molecular complexity index is 821. The highest BCUT2D eigenvalue weighted by molar-refractivity contribution is 8.02. The molecule has 0 aliphatic carbocycles. The third kappa shape index (κ3) is 4.58. The number of carbonyl (C=O) groups is 1. The van der Waals surface area contributed by atoms with Gasteiger partial charge in [0.2, 0.25) is 0 Å². The standard InChI is InChI=1S/C22H26N2O3S/c1-23(2)13-14-24-19(16-7-5-4-6-8-16)15-28-21(20(25)22(24)26)17-9-11-18(27-3)12-10-17/h4-12,15,20-21,25H,13-14H2,1-3H3/t20-,21+/m0/s1. The lowest BCUT2D eigenvalue weighted by Crippen LogP contribution is -2.42. The third-order valence-electron chi connectivity index (χ3n) is 4.71. The van der Waals surface area contributed by atoms with Crippen LogP contribution in [0.15, 0.2) is 60.0 Å². The fourth-order valence-corrected chi connectivity index (χ4v) is 4.22. The van der Waals surface area contributed by atoms with Crippen LogP contribution in [-0.4, -0.2) is 61.2 Å². The molecule has 2 atom stereocenters. The van der Waals surface area contributed by atoms with Crippen LogP contribution in [-0.2, 0) is 4.79 Å². The molecule has 148 valence electrons. The predicted molar refractivity (Wildman–Crippen MR) is 114 cm³/mol. The Labute approximate surface area is 170 Å². The van der Waals surface area contributed by atoms with Gasteiger partial charge in [-0.15, -0.1) is 11.8 Å². The van der Waals surface area contributed by atoms with E-state index in [1.54, 1.807) is 12.0 Å². The number of amides is 1. The van der Waals surface area contributed by atoms with Gasteiger partial charge in [0.15, 0.2) is 0 Å². The largest absolute Gasteiger partial charge is 0.497 e. The lowest BCUT2D eigenvalue weighted by molar-refractivity contribution is -0.136. The molecule has 0 spiro atoms. The number of aliphatic hydroxyl groups is 1. The molecule has 3 rings (SSSR count). The van der Waals surface area contributed by atoms with Crippen LogP contribution >= 0.6 is 11.8 Å². The summed E-state index contributed by atoms with van der Waals surface area (Å²) in [5.74, 6) is 0.471. The van der Waals surface area contributed by atoms with Crippen LogP contribution in [0.3, 0.4) is 0 Å². The highest BCUT2D eigenvalue weighted by Crippen LogP contribution is 2.40. The normalized spacial score (nSPS) is 20.1. The lowest BCUT2D eigenvalue weighted by Gasteiger charge is -2.28. The molecule has 2 aromatic rings. The number of ether oxygens (including phenoxy) is 1. The van der Waals surface area contributed by atoms with Crippen LogP contribution in [0.1, 0.15) is 16.4 Å². The molecule has 1 aliphatic heterocycles. The maximum Gasteiger partial charge on any atom is 0.257 e. The highest BCUT2D eigenvalue weighted by Gasteiger charge is 2.35. The van der Waals surface area contributed by atoms with Crippen molar-refractivity contribution in [3.8, 4) is 5.75 Å². The van der Waals surface area contributed by atoms with Crippen molar-refractivity contribution >= 4 is 23.4 Å². The highest BCUT2D eigenvalue weighted by atomic mass is 32.2. The van der Waals surface area contributed by atoms with Crippen LogP contribution in [0, 0.1) is 0 Å². The lowest BCUT2D eigenvalue weighted by atomic mass is 10.0. The summed E-state index contributed by atoms with van der Waals surface area (Å²) >= 11 is 1.47. The number of thioether (sulfide) groups is 1. The van der Waals surface area contributed by atoms with Gasteiger partial charge in [-0.3, -0.25) is 4.79 Å². The summed E-state index contributed by atoms with van der Waals surface area (Å²) in [6, 6.07) is 17.3. The summed E-state index contributed by atoms with van der Waals surface area (Å²) in [5.41, 5.74) is 2.68. The zero-order chi connectivity index (χ0) is 20.1. The van der Waals surface area contributed by atoms with Crippen LogP contribution < -0.4 is 4.74 Å². The fourth-order valence-electron chi connectivity index (χ4n) is 3.10. The molecule has 1 aliphatic rings. The zero-order valence-corrected chi connectivity index (χ0v) is 17.2. The molecule has 0 bridgehead atoms. The van der Waals surface area contributed by atoms with E-state index in [2.05, 4.69) is 0 Å². The van der Waals surface area contributed by atoms with Gasteiger partial charge in [-0.05, 0) is 42.8 Å². The molecule has 6 heteroatoms. The average molecular weight is 399 g/mol. The quantitative estimate of drug-likeness (QED) is 0.810. The Hall–Kier alpha value is -2.28. The molecule has 28 heavy (non-hydrogen) atoms. The number of nitrogens with zero attached hydrogens (tertiary/aromatic N) is 2. The molecule has 2 aromatic carbocycles. The summed E-state index contributed by atoms with van der Waals surface area (Å²) in [6.07, 6.45) is -1.13. The van der Waals surface area contributed by atoms with E-state index in [4.69, 9.17) is 4.74 Å². The predicted octanol–water partition coefficient (Wildman–Crippen LogP) is 3.23. The van der Waals surface area contributed by atoms with Crippen LogP contribution in [0.2, 0.25) is 0 Å². The van der Waals surface area contributed by atoms with Gasteiger partial charge < -0.3 is 19.6 Å². The first-order chi connectivity index (χ1) is 13.5. The van der Waals surface area contributed by atoms with E-state index < -0.39 is 6.10 Å². The maximum absolute atomic E-state index is 13.2. The number of likely N-dealkylation sites (N-methyl/N-ethyl adjacent to an activating group) is 1. The van der Waals surface area contributed by atoms with E-state index in [1.807, 2.05) is 79.0 Å². The molecule has 1 amide bonds. The average Bonchev–Trinajstić information content (AvgIpc) is 2.84. The first-order valence-electron chi connectivity index (χ1n) is 9.20. The van der Waals surface area contributed by atoms with Gasteiger partial charge in [-0.25, -0.2) is 0 Å². The van der Waals surface area contributed by atoms with Crippen molar-refractivity contribution in [3.63, 3.8) is 0 Å². The number of aliphatic hydroxyl groups excluding tert-OH is 1. The summed E-state index contributed by atoms with van der Waals surface area (Å²) in [4.78, 5) is 17.0. The Kier molecular flexibility index (Phi) is 6.78. The summed E-state index contributed by atoms with van der Waals surface area (Å²) in [5, 5.41) is 12.5. The molecule has 0 unspecified atom stereocenters. The molecule has 0 fully saturated rings. The minimum absolute atomic E-state index is 0.275. The van der Waals surface area contributed by atoms with Crippen LogP contribution in [0.5, 0.6) is 5.75 Å². The smallest absolute Gasteiger partial charge is 0.257 e. The van der Waals surface area contributed by atoms with E-state index in [0.29, 0.717) is 13.1 Å². The van der Waals surface area contributed by atoms with Crippen molar-refractivity contribution in [2.24, 2.45) is 0 Å². The van der Waals surface area contributed by atoms with Gasteiger partial charge in [-0.1, -0.05) is 42.5 Å². The van der Waals surface area contributed by atoms with Gasteiger partial charge >= 0.3 is 0 Å². The van der Waals surface area contributed by atoms with E-state index in [9.17, 15) is 9.90 Å². The second-order valence-corrected chi connectivity index (χ2v) is 7.95. The Morgan fingerprint density at radius 1 is 1.11 bits per heavy atom. The maximum atomic E-state index is 13.2. The van der Waals surface area contributed by atoms with Crippen molar-refractivity contribution in [2.75, 3.05) is 34.3 Å². The molecule has 5 nitrogen and oxygen atoms in total. The number of methoxy groups -OCH3 is 1. The van der Waals surface area contributed by atoms with E-state index in [1.165, 1.54) is 11.8 Å². The van der Waals surface area contributed by atoms with Crippen molar-refractivity contribution < 1.29 is 14.6 Å². The van der Waals surface area contributed by atoms with Gasteiger partial charge in [0.25, 0.3) is 5.91 Å². The SMILES string of the molecule is COc1ccc([C@H]2SC=C(c3ccccc3)N(CCN(C)C)C(=O)[C@H]2O)cc1. The molecular weight excluding hydrogens is 372 g/mol. The molecule has 1 heterocycles. The molecular formula is C22H26N2O3S. The molecule has 0 aromatic heterocycles. The number of rotatable bonds is 6. The molecule has 0 saturated heterocycles. The minimum atomic E-state index is -1.13. The first kappa shape index (κ1) is 20.5. The molecule has 1 N–H and O–H groups in total. The molecule has 0 saturated carbocycles. The second-order valence-electron chi connectivity index (χ2n) is 6.94. The van der Waals surface area contributed by atoms with E-state index >= 15 is 0 Å². The van der Waals surface area contributed by atoms with Gasteiger partial charge in [0.1, 0.15) is 11.9 Å². The van der Waals surface area contributed by atoms with Gasteiger partial charge in [0, 0.05) is 13.1 Å². The van der Waals surface area contributed by atoms with E-state index in [-0.39, 0.29) is 11.2 Å². The van der Waals surface area contributed by atoms with E-state index in [0.717, 1.165) is 22.6 Å². The number of carbonyl (C=O) groups excluding carboxylic acids is 1. The van der Waals surface area contributed by atoms with Gasteiger partial charge in [0.05, 0.1) is 18.1 Å². The second kappa shape index (κ2) is 9.28. The number of hydrogen-bond donors (Lipinski definition) is 1. The van der Waals surface area contributed by atoms with Crippen molar-refractivity contribution in [1.82, 2.24) is 9.80 Å². The Balaban J connectivity index is 1.96. The van der Waals surface area contributed by atoms with Gasteiger partial charge in [-0.2, -0.15) is 0 Å². The summed E-state index contributed by atoms with van der Waals surface area (Å²) < 4.78 is 5.21. The van der Waals surface area contributed by atoms with Crippen molar-refractivity contribution in [3.05, 3.63) is 71.1 Å². The number of hydrogen-bond acceptors (Lipinski definition) is 5. The molecule has 0 radical (unpaired) electrons.